The van der Waals surface area contributed by atoms with Crippen molar-refractivity contribution in [3.63, 3.8) is 0 Å². The first-order valence-electron chi connectivity index (χ1n) is 6.47. The summed E-state index contributed by atoms with van der Waals surface area (Å²) in [6.45, 7) is 0. The van der Waals surface area contributed by atoms with Crippen LogP contribution < -0.4 is 27.1 Å². The minimum Gasteiger partial charge on any atom is -1.00 e. The number of hydrogen-bond acceptors (Lipinski definition) is 5. The predicted octanol–water partition coefficient (Wildman–Crippen LogP) is -2.19. The molecule has 24 heavy (non-hydrogen) atoms. The van der Waals surface area contributed by atoms with Gasteiger partial charge in [-0.1, -0.05) is 22.2 Å². The Bertz CT molecular complexity index is 842. The Balaban J connectivity index is 0.00000288. The Kier molecular flexibility index (Phi) is 7.08. The monoisotopic (exact) mass is 386 g/mol. The third-order valence-corrected chi connectivity index (χ3v) is 3.94. The summed E-state index contributed by atoms with van der Waals surface area (Å²) in [5.41, 5.74) is 3.36. The second-order valence-corrected chi connectivity index (χ2v) is 6.80. The van der Waals surface area contributed by atoms with Crippen LogP contribution in [0.15, 0.2) is 53.8 Å². The number of benzene rings is 1. The molecule has 0 atom stereocenters. The normalized spacial score (nSPS) is 10.9. The van der Waals surface area contributed by atoms with E-state index in [1.807, 2.05) is 30.3 Å². The van der Waals surface area contributed by atoms with Crippen molar-refractivity contribution in [3.8, 4) is 5.75 Å². The zero-order valence-electron chi connectivity index (χ0n) is 12.5. The summed E-state index contributed by atoms with van der Waals surface area (Å²) in [6, 6.07) is 12.0. The molecule has 0 unspecified atom stereocenters. The molecule has 1 aromatic heterocycles. The molecule has 0 aliphatic rings. The van der Waals surface area contributed by atoms with E-state index in [0.29, 0.717) is 0 Å². The molecular weight excluding hydrogens is 372 g/mol. The molecule has 0 bridgehead atoms. The maximum atomic E-state index is 11.7. The van der Waals surface area contributed by atoms with Crippen LogP contribution in [0, 0.1) is 0 Å². The highest BCUT2D eigenvalue weighted by Crippen LogP contribution is 2.09. The molecule has 0 aliphatic carbocycles. The zero-order valence-corrected chi connectivity index (χ0v) is 14.9. The Morgan fingerprint density at radius 3 is 2.54 bits per heavy atom. The summed E-state index contributed by atoms with van der Waals surface area (Å²) in [5.74, 6) is -0.217. The number of thiocarbonyl (C=S) groups is 1. The van der Waals surface area contributed by atoms with E-state index in [1.54, 1.807) is 0 Å². The van der Waals surface area contributed by atoms with Crippen LogP contribution in [0.1, 0.15) is 5.69 Å². The maximum absolute atomic E-state index is 11.7. The lowest BCUT2D eigenvalue weighted by atomic mass is 10.3. The van der Waals surface area contributed by atoms with Crippen LogP contribution in [0.25, 0.3) is 0 Å². The van der Waals surface area contributed by atoms with Crippen molar-refractivity contribution >= 4 is 39.3 Å². The molecule has 2 rings (SSSR count). The van der Waals surface area contributed by atoms with Crippen molar-refractivity contribution < 1.29 is 29.9 Å². The van der Waals surface area contributed by atoms with Gasteiger partial charge in [-0.3, -0.25) is 5.43 Å². The standard InChI is InChI=1S/C14H14N4O3S2.ClH/c1-23(20,21)18-9-5-8-13(19)12(18)10-15-17-14(22)16-11-6-3-2-4-7-11;/h2-10H,1H3,(H2,16,19,22);1H. The molecule has 0 aliphatic heterocycles. The number of pyridine rings is 1. The van der Waals surface area contributed by atoms with E-state index in [4.69, 9.17) is 12.2 Å². The van der Waals surface area contributed by atoms with Crippen LogP contribution in [-0.4, -0.2) is 31.1 Å². The summed E-state index contributed by atoms with van der Waals surface area (Å²) in [5, 5.41) is 16.8. The van der Waals surface area contributed by atoms with Gasteiger partial charge in [-0.25, -0.2) is 0 Å². The van der Waals surface area contributed by atoms with Crippen molar-refractivity contribution in [3.05, 3.63) is 54.4 Å². The topological polar surface area (TPSA) is 94.7 Å². The van der Waals surface area contributed by atoms with Gasteiger partial charge in [0.15, 0.2) is 17.1 Å². The number of hydrazone groups is 1. The van der Waals surface area contributed by atoms with Gasteiger partial charge in [0.2, 0.25) is 0 Å². The number of halogens is 1. The van der Waals surface area contributed by atoms with Gasteiger partial charge in [0, 0.05) is 11.8 Å². The molecule has 1 aromatic carbocycles. The first-order chi connectivity index (χ1) is 10.9. The van der Waals surface area contributed by atoms with Gasteiger partial charge >= 0.3 is 10.0 Å². The fourth-order valence-corrected chi connectivity index (χ4v) is 2.70. The quantitative estimate of drug-likeness (QED) is 0.239. The molecule has 128 valence electrons. The molecule has 10 heteroatoms. The van der Waals surface area contributed by atoms with Crippen molar-refractivity contribution in [1.29, 1.82) is 0 Å². The van der Waals surface area contributed by atoms with Crippen LogP contribution in [0.2, 0.25) is 0 Å². The third kappa shape index (κ3) is 5.44. The molecular formula is C14H15ClN4O3S2. The van der Waals surface area contributed by atoms with Gasteiger partial charge in [0.1, 0.15) is 6.21 Å². The fourth-order valence-electron chi connectivity index (χ4n) is 1.74. The number of aromatic nitrogens is 1. The Morgan fingerprint density at radius 1 is 1.25 bits per heavy atom. The summed E-state index contributed by atoms with van der Waals surface area (Å²) < 4.78 is 24.3. The van der Waals surface area contributed by atoms with Crippen LogP contribution in [0.4, 0.5) is 5.69 Å². The van der Waals surface area contributed by atoms with Crippen molar-refractivity contribution in [2.45, 2.75) is 0 Å². The van der Waals surface area contributed by atoms with E-state index in [0.717, 1.165) is 15.9 Å². The number of nitrogens with zero attached hydrogens (tertiary/aromatic N) is 2. The smallest absolute Gasteiger partial charge is 0.367 e. The van der Waals surface area contributed by atoms with E-state index in [2.05, 4.69) is 15.8 Å². The molecule has 3 N–H and O–H groups in total. The van der Waals surface area contributed by atoms with Gasteiger partial charge < -0.3 is 22.8 Å². The van der Waals surface area contributed by atoms with Gasteiger partial charge in [-0.15, -0.1) is 0 Å². The molecule has 0 saturated carbocycles. The first kappa shape index (κ1) is 19.8. The van der Waals surface area contributed by atoms with E-state index in [1.165, 1.54) is 24.5 Å². The lowest BCUT2D eigenvalue weighted by Gasteiger charge is -2.06. The average Bonchev–Trinajstić information content (AvgIpc) is 2.48. The molecule has 7 nitrogen and oxygen atoms in total. The number of nitrogens with one attached hydrogen (secondary N) is 2. The van der Waals surface area contributed by atoms with Gasteiger partial charge in [-0.2, -0.15) is 13.5 Å². The van der Waals surface area contributed by atoms with Crippen LogP contribution >= 0.6 is 12.2 Å². The minimum absolute atomic E-state index is 0. The van der Waals surface area contributed by atoms with Crippen LogP contribution in [-0.2, 0) is 10.0 Å². The van der Waals surface area contributed by atoms with Gasteiger partial charge in [0.05, 0.1) is 6.26 Å². The number of rotatable bonds is 4. The summed E-state index contributed by atoms with van der Waals surface area (Å²) >= 11 is 5.07. The molecule has 0 amide bonds. The molecule has 2 aromatic rings. The molecule has 0 fully saturated rings. The highest BCUT2D eigenvalue weighted by Gasteiger charge is 2.22. The lowest BCUT2D eigenvalue weighted by Crippen LogP contribution is -3.00. The molecule has 0 spiro atoms. The van der Waals surface area contributed by atoms with Gasteiger partial charge in [0.25, 0.3) is 5.69 Å². The molecule has 0 saturated heterocycles. The molecule has 1 heterocycles. The number of para-hydroxylation sites is 1. The van der Waals surface area contributed by atoms with Gasteiger partial charge in [-0.05, 0) is 30.4 Å². The minimum atomic E-state index is -3.57. The zero-order chi connectivity index (χ0) is 16.9. The summed E-state index contributed by atoms with van der Waals surface area (Å²) in [4.78, 5) is 0. The number of hydrogen-bond donors (Lipinski definition) is 3. The Labute approximate surface area is 151 Å². The third-order valence-electron chi connectivity index (χ3n) is 2.72. The summed E-state index contributed by atoms with van der Waals surface area (Å²) in [7, 11) is -3.57. The largest absolute Gasteiger partial charge is 1.00 e. The number of anilines is 1. The second-order valence-electron chi connectivity index (χ2n) is 4.53. The van der Waals surface area contributed by atoms with E-state index < -0.39 is 10.0 Å². The van der Waals surface area contributed by atoms with Crippen molar-refractivity contribution in [2.24, 2.45) is 5.10 Å². The van der Waals surface area contributed by atoms with E-state index in [9.17, 15) is 13.5 Å². The first-order valence-corrected chi connectivity index (χ1v) is 8.73. The average molecular weight is 387 g/mol. The second kappa shape index (κ2) is 8.57. The fraction of sp³-hybridized carbons (Fsp3) is 0.0714. The SMILES string of the molecule is CS(=O)(=O)[n+]1cccc(O)c1C=NNC(=S)Nc1ccccc1.[Cl-]. The highest BCUT2D eigenvalue weighted by atomic mass is 35.5. The van der Waals surface area contributed by atoms with Crippen LogP contribution in [0.5, 0.6) is 5.75 Å². The van der Waals surface area contributed by atoms with E-state index in [-0.39, 0.29) is 29.0 Å². The molecule has 0 radical (unpaired) electrons. The van der Waals surface area contributed by atoms with Crippen molar-refractivity contribution in [1.82, 2.24) is 5.43 Å². The Hall–Kier alpha value is -2.23. The highest BCUT2D eigenvalue weighted by molar-refractivity contribution is 7.84. The van der Waals surface area contributed by atoms with E-state index >= 15 is 0 Å². The number of aromatic hydroxyl groups is 1. The summed E-state index contributed by atoms with van der Waals surface area (Å²) in [6.07, 6.45) is 3.52. The van der Waals surface area contributed by atoms with Crippen LogP contribution in [0.3, 0.4) is 0 Å². The van der Waals surface area contributed by atoms with Crippen molar-refractivity contribution in [2.75, 3.05) is 11.6 Å². The predicted molar refractivity (Wildman–Crippen MR) is 91.9 cm³/mol. The lowest BCUT2D eigenvalue weighted by molar-refractivity contribution is -0.512. The Morgan fingerprint density at radius 2 is 1.92 bits per heavy atom. The maximum Gasteiger partial charge on any atom is 0.367 e.